The second-order valence-corrected chi connectivity index (χ2v) is 11.6. The molecule has 2 fully saturated rings. The molecule has 3 aromatic rings. The summed E-state index contributed by atoms with van der Waals surface area (Å²) in [5.41, 5.74) is 2.98. The van der Waals surface area contributed by atoms with Crippen molar-refractivity contribution in [2.45, 2.75) is 56.9 Å². The summed E-state index contributed by atoms with van der Waals surface area (Å²) in [5, 5.41) is 0. The van der Waals surface area contributed by atoms with E-state index in [0.717, 1.165) is 56.8 Å². The summed E-state index contributed by atoms with van der Waals surface area (Å²) >= 11 is 0. The molecule has 1 heterocycles. The monoisotopic (exact) mass is 530 g/mol. The molecule has 0 aromatic heterocycles. The van der Waals surface area contributed by atoms with Crippen LogP contribution in [0.3, 0.4) is 0 Å². The lowest BCUT2D eigenvalue weighted by Crippen LogP contribution is -2.38. The van der Waals surface area contributed by atoms with Crippen molar-refractivity contribution in [2.24, 2.45) is 11.8 Å². The first kappa shape index (κ1) is 27.5. The Hall–Kier alpha value is -3.05. The van der Waals surface area contributed by atoms with Crippen LogP contribution in [0.5, 0.6) is 0 Å². The van der Waals surface area contributed by atoms with E-state index < -0.39 is 0 Å². The van der Waals surface area contributed by atoms with Gasteiger partial charge >= 0.3 is 0 Å². The second-order valence-electron chi connectivity index (χ2n) is 11.6. The van der Waals surface area contributed by atoms with Crippen molar-refractivity contribution in [3.63, 3.8) is 0 Å². The number of hydrogen-bond donors (Lipinski definition) is 0. The molecule has 3 nitrogen and oxygen atoms in total. The topological polar surface area (TPSA) is 23.6 Å². The van der Waals surface area contributed by atoms with Crippen LogP contribution in [0, 0.1) is 23.5 Å². The number of aryl methyl sites for hydroxylation is 1. The smallest absolute Gasteiger partial charge is 0.253 e. The highest BCUT2D eigenvalue weighted by atomic mass is 19.1. The lowest BCUT2D eigenvalue weighted by molar-refractivity contribution is 0.0728. The van der Waals surface area contributed by atoms with E-state index in [4.69, 9.17) is 0 Å². The summed E-state index contributed by atoms with van der Waals surface area (Å²) in [5.74, 6) is 1.06. The fraction of sp³-hybridized carbons (Fsp3) is 0.441. The molecule has 2 aliphatic rings. The van der Waals surface area contributed by atoms with Crippen molar-refractivity contribution >= 4 is 5.91 Å². The van der Waals surface area contributed by atoms with Crippen LogP contribution in [0.4, 0.5) is 8.78 Å². The highest BCUT2D eigenvalue weighted by Crippen LogP contribution is 2.43. The number of likely N-dealkylation sites (tertiary alicyclic amines) is 1. The molecule has 39 heavy (non-hydrogen) atoms. The molecule has 1 saturated heterocycles. The summed E-state index contributed by atoms with van der Waals surface area (Å²) in [6.07, 6.45) is 7.58. The summed E-state index contributed by atoms with van der Waals surface area (Å²) in [6, 6.07) is 23.6. The third-order valence-corrected chi connectivity index (χ3v) is 9.03. The van der Waals surface area contributed by atoms with Crippen LogP contribution in [-0.2, 0) is 6.42 Å². The quantitative estimate of drug-likeness (QED) is 0.289. The fourth-order valence-corrected chi connectivity index (χ4v) is 6.74. The van der Waals surface area contributed by atoms with Gasteiger partial charge in [-0.25, -0.2) is 8.78 Å². The van der Waals surface area contributed by atoms with E-state index in [1.54, 1.807) is 18.2 Å². The Kier molecular flexibility index (Phi) is 9.08. The van der Waals surface area contributed by atoms with Crippen LogP contribution in [0.2, 0.25) is 0 Å². The van der Waals surface area contributed by atoms with Crippen LogP contribution in [0.15, 0.2) is 78.9 Å². The van der Waals surface area contributed by atoms with E-state index in [2.05, 4.69) is 11.0 Å². The number of benzene rings is 3. The number of amides is 1. The van der Waals surface area contributed by atoms with Gasteiger partial charge in [0.15, 0.2) is 0 Å². The lowest BCUT2D eigenvalue weighted by Gasteiger charge is -2.35. The van der Waals surface area contributed by atoms with Gasteiger partial charge in [0.05, 0.1) is 0 Å². The maximum absolute atomic E-state index is 14.2. The number of carbonyl (C=O) groups is 1. The summed E-state index contributed by atoms with van der Waals surface area (Å²) in [6.45, 7) is 3.18. The summed E-state index contributed by atoms with van der Waals surface area (Å²) in [7, 11) is 1.92. The molecule has 1 aliphatic carbocycles. The zero-order valence-corrected chi connectivity index (χ0v) is 22.9. The normalized spacial score (nSPS) is 22.2. The van der Waals surface area contributed by atoms with Crippen molar-refractivity contribution in [3.05, 3.63) is 107 Å². The molecule has 3 aromatic carbocycles. The minimum absolute atomic E-state index is 0.0562. The van der Waals surface area contributed by atoms with Gasteiger partial charge in [-0.2, -0.15) is 0 Å². The second kappa shape index (κ2) is 12.9. The Labute approximate surface area is 231 Å². The van der Waals surface area contributed by atoms with E-state index >= 15 is 0 Å². The zero-order chi connectivity index (χ0) is 27.2. The van der Waals surface area contributed by atoms with Crippen LogP contribution in [-0.4, -0.2) is 48.4 Å². The molecular weight excluding hydrogens is 490 g/mol. The Bertz CT molecular complexity index is 1210. The van der Waals surface area contributed by atoms with E-state index in [-0.39, 0.29) is 29.5 Å². The molecule has 206 valence electrons. The van der Waals surface area contributed by atoms with Crippen molar-refractivity contribution in [1.82, 2.24) is 9.80 Å². The summed E-state index contributed by atoms with van der Waals surface area (Å²) < 4.78 is 27.3. The predicted octanol–water partition coefficient (Wildman–Crippen LogP) is 7.33. The molecule has 5 heteroatoms. The Balaban J connectivity index is 1.17. The predicted molar refractivity (Wildman–Crippen MR) is 153 cm³/mol. The average Bonchev–Trinajstić information content (AvgIpc) is 3.38. The number of hydrogen-bond acceptors (Lipinski definition) is 2. The first-order valence-corrected chi connectivity index (χ1v) is 14.5. The number of rotatable bonds is 9. The minimum atomic E-state index is -0.190. The van der Waals surface area contributed by atoms with Gasteiger partial charge in [0.2, 0.25) is 0 Å². The average molecular weight is 531 g/mol. The number of piperidine rings is 1. The molecular formula is C34H40F2N2O. The van der Waals surface area contributed by atoms with E-state index in [1.807, 2.05) is 60.5 Å². The van der Waals surface area contributed by atoms with Crippen molar-refractivity contribution in [1.29, 1.82) is 0 Å². The van der Waals surface area contributed by atoms with Crippen LogP contribution in [0.25, 0.3) is 0 Å². The Morgan fingerprint density at radius 3 is 2.36 bits per heavy atom. The first-order chi connectivity index (χ1) is 19.0. The Morgan fingerprint density at radius 2 is 1.64 bits per heavy atom. The van der Waals surface area contributed by atoms with Crippen molar-refractivity contribution in [3.8, 4) is 0 Å². The zero-order valence-electron chi connectivity index (χ0n) is 22.9. The maximum atomic E-state index is 14.2. The third-order valence-electron chi connectivity index (χ3n) is 9.03. The minimum Gasteiger partial charge on any atom is -0.339 e. The van der Waals surface area contributed by atoms with Crippen molar-refractivity contribution < 1.29 is 13.6 Å². The van der Waals surface area contributed by atoms with E-state index in [9.17, 15) is 13.6 Å². The molecule has 1 saturated carbocycles. The van der Waals surface area contributed by atoms with Gasteiger partial charge < -0.3 is 9.80 Å². The van der Waals surface area contributed by atoms with Crippen LogP contribution >= 0.6 is 0 Å². The fourth-order valence-electron chi connectivity index (χ4n) is 6.74. The van der Waals surface area contributed by atoms with Gasteiger partial charge in [-0.05, 0) is 117 Å². The Morgan fingerprint density at radius 1 is 0.897 bits per heavy atom. The van der Waals surface area contributed by atoms with Gasteiger partial charge in [-0.3, -0.25) is 4.79 Å². The number of nitrogens with zero attached hydrogens (tertiary/aromatic N) is 2. The van der Waals surface area contributed by atoms with Gasteiger partial charge in [-0.15, -0.1) is 0 Å². The molecule has 1 aliphatic heterocycles. The van der Waals surface area contributed by atoms with Crippen LogP contribution in [0.1, 0.15) is 65.9 Å². The standard InChI is InChI=1S/C34H40F2N2O/c1-37(34(39)27-9-3-2-4-10-27)32-22-29(33(23-32)28-11-6-12-31(36)21-28)24-38-19-17-26(18-20-38)8-5-7-25-13-15-30(35)16-14-25/h2-4,6,9-16,21,26,29,32-33H,5,7-8,17-20,22-24H2,1H3/t29-,32?,33-/m1/s1. The summed E-state index contributed by atoms with van der Waals surface area (Å²) in [4.78, 5) is 17.7. The molecule has 1 unspecified atom stereocenters. The van der Waals surface area contributed by atoms with Gasteiger partial charge in [-0.1, -0.05) is 48.9 Å². The van der Waals surface area contributed by atoms with E-state index in [0.29, 0.717) is 11.5 Å². The highest BCUT2D eigenvalue weighted by molar-refractivity contribution is 5.94. The van der Waals surface area contributed by atoms with Gasteiger partial charge in [0.25, 0.3) is 5.91 Å². The highest BCUT2D eigenvalue weighted by Gasteiger charge is 2.39. The molecule has 0 bridgehead atoms. The first-order valence-electron chi connectivity index (χ1n) is 14.5. The molecule has 1 amide bonds. The van der Waals surface area contributed by atoms with Crippen molar-refractivity contribution in [2.75, 3.05) is 26.7 Å². The SMILES string of the molecule is CN(C(=O)c1ccccc1)C1C[C@H](CN2CCC(CCCc3ccc(F)cc3)CC2)[C@@H](c2cccc(F)c2)C1. The number of carbonyl (C=O) groups excluding carboxylic acids is 1. The molecule has 0 radical (unpaired) electrons. The molecule has 3 atom stereocenters. The number of halogens is 2. The molecule has 0 spiro atoms. The largest absolute Gasteiger partial charge is 0.339 e. The van der Waals surface area contributed by atoms with Crippen LogP contribution < -0.4 is 0 Å². The van der Waals surface area contributed by atoms with Gasteiger partial charge in [0, 0.05) is 25.2 Å². The molecule has 5 rings (SSSR count). The molecule has 0 N–H and O–H groups in total. The van der Waals surface area contributed by atoms with Gasteiger partial charge in [0.1, 0.15) is 11.6 Å². The maximum Gasteiger partial charge on any atom is 0.253 e. The third kappa shape index (κ3) is 7.13. The van der Waals surface area contributed by atoms with E-state index in [1.165, 1.54) is 30.9 Å². The lowest BCUT2D eigenvalue weighted by atomic mass is 9.86.